The highest BCUT2D eigenvalue weighted by atomic mass is 32.2. The third kappa shape index (κ3) is 5.74. The van der Waals surface area contributed by atoms with E-state index < -0.39 is 17.8 Å². The number of aliphatic imine (C=N–C) groups is 1. The number of esters is 2. The van der Waals surface area contributed by atoms with Crippen molar-refractivity contribution in [1.29, 1.82) is 0 Å². The lowest BCUT2D eigenvalue weighted by atomic mass is 9.93. The highest BCUT2D eigenvalue weighted by Gasteiger charge is 2.43. The van der Waals surface area contributed by atoms with E-state index >= 15 is 4.39 Å². The van der Waals surface area contributed by atoms with Gasteiger partial charge in [-0.2, -0.15) is 0 Å². The molecule has 1 aromatic carbocycles. The molecule has 0 unspecified atom stereocenters. The molecule has 0 spiro atoms. The van der Waals surface area contributed by atoms with E-state index in [1.807, 2.05) is 5.41 Å². The molecule has 0 bridgehead atoms. The van der Waals surface area contributed by atoms with Crippen LogP contribution >= 0.6 is 11.8 Å². The molecule has 3 aliphatic rings. The van der Waals surface area contributed by atoms with Crippen LogP contribution in [0.25, 0.3) is 0 Å². The number of rotatable bonds is 7. The second-order valence-corrected chi connectivity index (χ2v) is 10.3. The highest BCUT2D eigenvalue weighted by Crippen LogP contribution is 2.45. The Morgan fingerprint density at radius 1 is 1.24 bits per heavy atom. The summed E-state index contributed by atoms with van der Waals surface area (Å²) in [5.41, 5.74) is 1.60. The maximum atomic E-state index is 15.1. The molecule has 198 valence electrons. The molecule has 3 aliphatic heterocycles. The number of ether oxygens (including phenoxy) is 2. The molecular weight excluding hydrogens is 497 g/mol. The summed E-state index contributed by atoms with van der Waals surface area (Å²) in [7, 11) is 0. The van der Waals surface area contributed by atoms with Gasteiger partial charge in [0.05, 0.1) is 42.4 Å². The van der Waals surface area contributed by atoms with Gasteiger partial charge in [0.25, 0.3) is 0 Å². The number of fused-ring (bicyclic) bond motifs is 1. The minimum Gasteiger partial charge on any atom is -0.466 e. The van der Waals surface area contributed by atoms with Crippen LogP contribution in [0.15, 0.2) is 51.6 Å². The highest BCUT2D eigenvalue weighted by molar-refractivity contribution is 8.16. The predicted molar refractivity (Wildman–Crippen MR) is 139 cm³/mol. The lowest BCUT2D eigenvalue weighted by Gasteiger charge is -2.37. The number of piperidine rings is 1. The van der Waals surface area contributed by atoms with Crippen LogP contribution in [0.5, 0.6) is 0 Å². The largest absolute Gasteiger partial charge is 0.466 e. The summed E-state index contributed by atoms with van der Waals surface area (Å²) in [5, 5.41) is 2.39. The van der Waals surface area contributed by atoms with E-state index in [4.69, 9.17) is 9.47 Å². The fraction of sp³-hybridized carbons (Fsp3) is 0.481. The average molecular weight is 530 g/mol. The van der Waals surface area contributed by atoms with Crippen LogP contribution in [0.2, 0.25) is 0 Å². The van der Waals surface area contributed by atoms with Gasteiger partial charge in [-0.3, -0.25) is 9.59 Å². The fourth-order valence-electron chi connectivity index (χ4n) is 4.82. The Balaban J connectivity index is 1.62. The van der Waals surface area contributed by atoms with E-state index in [0.717, 1.165) is 0 Å². The molecule has 0 aliphatic carbocycles. The lowest BCUT2D eigenvalue weighted by molar-refractivity contribution is -0.151. The van der Waals surface area contributed by atoms with Gasteiger partial charge < -0.3 is 19.3 Å². The van der Waals surface area contributed by atoms with Crippen molar-refractivity contribution in [2.24, 2.45) is 10.9 Å². The van der Waals surface area contributed by atoms with E-state index in [1.54, 1.807) is 55.7 Å². The molecule has 1 aromatic rings. The number of amidine groups is 1. The first-order valence-corrected chi connectivity index (χ1v) is 13.4. The van der Waals surface area contributed by atoms with Crippen molar-refractivity contribution in [3.05, 3.63) is 58.0 Å². The molecule has 0 saturated carbocycles. The van der Waals surface area contributed by atoms with Crippen molar-refractivity contribution < 1.29 is 28.2 Å². The summed E-state index contributed by atoms with van der Waals surface area (Å²) in [5.74, 6) is -1.81. The minimum atomic E-state index is -0.831. The molecule has 0 N–H and O–H groups in total. The number of carbonyl (C=O) groups excluding carboxylic acids is 3. The van der Waals surface area contributed by atoms with Gasteiger partial charge in [-0.15, -0.1) is 0 Å². The van der Waals surface area contributed by atoms with Gasteiger partial charge in [-0.1, -0.05) is 30.0 Å². The number of amides is 1. The average Bonchev–Trinajstić information content (AvgIpc) is 3.25. The number of benzene rings is 1. The Kier molecular flexibility index (Phi) is 8.36. The molecule has 2 atom stereocenters. The molecule has 0 aromatic heterocycles. The fourth-order valence-corrected chi connectivity index (χ4v) is 5.79. The first kappa shape index (κ1) is 26.9. The van der Waals surface area contributed by atoms with Gasteiger partial charge in [0.1, 0.15) is 5.82 Å². The Hall–Kier alpha value is -3.14. The van der Waals surface area contributed by atoms with Crippen LogP contribution in [-0.4, -0.2) is 58.6 Å². The maximum absolute atomic E-state index is 15.1. The third-order valence-electron chi connectivity index (χ3n) is 6.49. The van der Waals surface area contributed by atoms with Gasteiger partial charge in [-0.25, -0.2) is 14.2 Å². The number of allylic oxidation sites excluding steroid dienone is 1. The van der Waals surface area contributed by atoms with Crippen LogP contribution in [0, 0.1) is 11.7 Å². The topological polar surface area (TPSA) is 88.5 Å². The zero-order chi connectivity index (χ0) is 26.7. The van der Waals surface area contributed by atoms with Crippen molar-refractivity contribution in [3.8, 4) is 0 Å². The summed E-state index contributed by atoms with van der Waals surface area (Å²) < 4.78 is 25.8. The van der Waals surface area contributed by atoms with Gasteiger partial charge in [0.2, 0.25) is 5.91 Å². The molecule has 10 heteroatoms. The van der Waals surface area contributed by atoms with Crippen LogP contribution in [0.3, 0.4) is 0 Å². The number of nitrogens with zero attached hydrogens (tertiary/aromatic N) is 3. The quantitative estimate of drug-likeness (QED) is 0.479. The second-order valence-electron chi connectivity index (χ2n) is 9.48. The van der Waals surface area contributed by atoms with Crippen molar-refractivity contribution in [2.75, 3.05) is 19.7 Å². The van der Waals surface area contributed by atoms with Gasteiger partial charge in [0, 0.05) is 24.4 Å². The van der Waals surface area contributed by atoms with Crippen LogP contribution in [0.1, 0.15) is 58.6 Å². The Labute approximate surface area is 220 Å². The first-order valence-electron chi connectivity index (χ1n) is 12.5. The Bertz CT molecular complexity index is 1180. The van der Waals surface area contributed by atoms with Crippen LogP contribution < -0.4 is 0 Å². The summed E-state index contributed by atoms with van der Waals surface area (Å²) in [4.78, 5) is 46.9. The Morgan fingerprint density at radius 3 is 2.70 bits per heavy atom. The number of hydrogen-bond donors (Lipinski definition) is 0. The van der Waals surface area contributed by atoms with Crippen LogP contribution in [-0.2, 0) is 23.9 Å². The molecule has 4 rings (SSSR count). The van der Waals surface area contributed by atoms with Gasteiger partial charge in [-0.05, 0) is 52.0 Å². The van der Waals surface area contributed by atoms with E-state index in [1.165, 1.54) is 17.8 Å². The SMILES string of the molecule is CCOC(=O)[C@@H]1CCCN(C(=O)CC2=CSC3=NC(C)=C(C(=O)OC(C)C)[C@H](c4ccccc4F)N23)C1. The number of halogens is 1. The molecule has 1 fully saturated rings. The zero-order valence-electron chi connectivity index (χ0n) is 21.5. The van der Waals surface area contributed by atoms with Crippen molar-refractivity contribution in [1.82, 2.24) is 9.80 Å². The lowest BCUT2D eigenvalue weighted by Crippen LogP contribution is -2.44. The standard InChI is InChI=1S/C27H32FN3O5S/c1-5-35-25(33)18-9-8-12-30(14-18)22(32)13-19-15-37-27-29-17(4)23(26(34)36-16(2)3)24(31(19)27)20-10-6-7-11-21(20)28/h6-7,10-11,15-16,18,24H,5,8-9,12-14H2,1-4H3/t18-,24+/m1/s1. The van der Waals surface area contributed by atoms with Gasteiger partial charge >= 0.3 is 11.9 Å². The second kappa shape index (κ2) is 11.5. The monoisotopic (exact) mass is 529 g/mol. The van der Waals surface area contributed by atoms with Crippen molar-refractivity contribution >= 4 is 34.8 Å². The van der Waals surface area contributed by atoms with Gasteiger partial charge in [0.15, 0.2) is 5.17 Å². The van der Waals surface area contributed by atoms with E-state index in [-0.39, 0.29) is 35.9 Å². The Morgan fingerprint density at radius 2 is 2.00 bits per heavy atom. The van der Waals surface area contributed by atoms with E-state index in [2.05, 4.69) is 4.99 Å². The normalized spacial score (nSPS) is 21.5. The zero-order valence-corrected chi connectivity index (χ0v) is 22.3. The van der Waals surface area contributed by atoms with Crippen molar-refractivity contribution in [3.63, 3.8) is 0 Å². The summed E-state index contributed by atoms with van der Waals surface area (Å²) >= 11 is 1.33. The maximum Gasteiger partial charge on any atom is 0.338 e. The number of hydrogen-bond acceptors (Lipinski definition) is 8. The first-order chi connectivity index (χ1) is 17.7. The number of likely N-dealkylation sites (tertiary alicyclic amines) is 1. The molecule has 1 saturated heterocycles. The third-order valence-corrected chi connectivity index (χ3v) is 7.38. The summed E-state index contributed by atoms with van der Waals surface area (Å²) in [6, 6.07) is 5.46. The summed E-state index contributed by atoms with van der Waals surface area (Å²) in [6.45, 7) is 8.14. The van der Waals surface area contributed by atoms with Crippen molar-refractivity contribution in [2.45, 2.75) is 59.1 Å². The van der Waals surface area contributed by atoms with Crippen LogP contribution in [0.4, 0.5) is 4.39 Å². The molecule has 37 heavy (non-hydrogen) atoms. The molecule has 0 radical (unpaired) electrons. The molecule has 3 heterocycles. The minimum absolute atomic E-state index is 0.0259. The number of carbonyl (C=O) groups is 3. The van der Waals surface area contributed by atoms with E-state index in [9.17, 15) is 14.4 Å². The smallest absolute Gasteiger partial charge is 0.338 e. The van der Waals surface area contributed by atoms with E-state index in [0.29, 0.717) is 54.7 Å². The molecule has 1 amide bonds. The molecular formula is C27H32FN3O5S. The summed E-state index contributed by atoms with van der Waals surface area (Å²) in [6.07, 6.45) is 1.06. The number of thioether (sulfide) groups is 1. The molecule has 8 nitrogen and oxygen atoms in total. The predicted octanol–water partition coefficient (Wildman–Crippen LogP) is 4.54.